The van der Waals surface area contributed by atoms with E-state index in [2.05, 4.69) is 10.3 Å². The van der Waals surface area contributed by atoms with Gasteiger partial charge in [0, 0.05) is 14.1 Å². The molecule has 0 saturated heterocycles. The molecule has 7 nitrogen and oxygen atoms in total. The zero-order valence-electron chi connectivity index (χ0n) is 14.5. The molecule has 0 saturated carbocycles. The van der Waals surface area contributed by atoms with Gasteiger partial charge < -0.3 is 9.73 Å². The van der Waals surface area contributed by atoms with Crippen molar-refractivity contribution in [2.24, 2.45) is 0 Å². The van der Waals surface area contributed by atoms with Crippen LogP contribution in [0.25, 0.3) is 11.1 Å². The van der Waals surface area contributed by atoms with E-state index < -0.39 is 10.0 Å². The number of para-hydroxylation sites is 2. The average molecular weight is 426 g/mol. The van der Waals surface area contributed by atoms with Crippen molar-refractivity contribution >= 4 is 56.1 Å². The SMILES string of the molecule is CN(C)S(=O)(=O)c1ccc(Cl)c(NC(=O)CSc2nc3ccccc3o2)c1. The molecule has 3 aromatic rings. The topological polar surface area (TPSA) is 92.5 Å². The quantitative estimate of drug-likeness (QED) is 0.608. The Bertz CT molecular complexity index is 1060. The first-order chi connectivity index (χ1) is 12.8. The number of anilines is 1. The molecule has 142 valence electrons. The van der Waals surface area contributed by atoms with Crippen LogP contribution in [0.5, 0.6) is 0 Å². The maximum atomic E-state index is 12.2. The van der Waals surface area contributed by atoms with Crippen LogP contribution in [0.1, 0.15) is 0 Å². The van der Waals surface area contributed by atoms with Crippen LogP contribution >= 0.6 is 23.4 Å². The first-order valence-electron chi connectivity index (χ1n) is 7.77. The van der Waals surface area contributed by atoms with Gasteiger partial charge in [-0.2, -0.15) is 0 Å². The van der Waals surface area contributed by atoms with E-state index in [0.717, 1.165) is 16.1 Å². The smallest absolute Gasteiger partial charge is 0.257 e. The van der Waals surface area contributed by atoms with E-state index in [-0.39, 0.29) is 27.3 Å². The summed E-state index contributed by atoms with van der Waals surface area (Å²) in [7, 11) is -0.769. The maximum Gasteiger partial charge on any atom is 0.257 e. The van der Waals surface area contributed by atoms with Gasteiger partial charge in [-0.15, -0.1) is 0 Å². The Balaban J connectivity index is 1.70. The zero-order valence-corrected chi connectivity index (χ0v) is 16.9. The molecule has 0 bridgehead atoms. The molecule has 27 heavy (non-hydrogen) atoms. The van der Waals surface area contributed by atoms with E-state index in [1.54, 1.807) is 6.07 Å². The van der Waals surface area contributed by atoms with Crippen LogP contribution in [0.2, 0.25) is 5.02 Å². The van der Waals surface area contributed by atoms with E-state index in [9.17, 15) is 13.2 Å². The van der Waals surface area contributed by atoms with E-state index in [1.807, 2.05) is 18.2 Å². The summed E-state index contributed by atoms with van der Waals surface area (Å²) in [6.45, 7) is 0. The Morgan fingerprint density at radius 3 is 2.70 bits per heavy atom. The number of carbonyl (C=O) groups excluding carboxylic acids is 1. The van der Waals surface area contributed by atoms with Crippen LogP contribution in [-0.2, 0) is 14.8 Å². The summed E-state index contributed by atoms with van der Waals surface area (Å²) < 4.78 is 31.1. The fraction of sp³-hybridized carbons (Fsp3) is 0.176. The average Bonchev–Trinajstić information content (AvgIpc) is 3.04. The second-order valence-electron chi connectivity index (χ2n) is 5.71. The maximum absolute atomic E-state index is 12.2. The summed E-state index contributed by atoms with van der Waals surface area (Å²) in [5.41, 5.74) is 1.58. The van der Waals surface area contributed by atoms with Gasteiger partial charge in [0.15, 0.2) is 5.58 Å². The molecule has 1 N–H and O–H groups in total. The van der Waals surface area contributed by atoms with Gasteiger partial charge >= 0.3 is 0 Å². The van der Waals surface area contributed by atoms with Crippen LogP contribution in [-0.4, -0.2) is 43.5 Å². The fourth-order valence-electron chi connectivity index (χ4n) is 2.20. The van der Waals surface area contributed by atoms with E-state index in [4.69, 9.17) is 16.0 Å². The number of sulfonamides is 1. The molecule has 0 spiro atoms. The van der Waals surface area contributed by atoms with Crippen molar-refractivity contribution in [1.29, 1.82) is 0 Å². The van der Waals surface area contributed by atoms with Crippen LogP contribution in [0.4, 0.5) is 5.69 Å². The molecule has 0 atom stereocenters. The summed E-state index contributed by atoms with van der Waals surface area (Å²) in [5.74, 6) is -0.322. The van der Waals surface area contributed by atoms with Gasteiger partial charge in [0.05, 0.1) is 21.4 Å². The molecular weight excluding hydrogens is 410 g/mol. The van der Waals surface area contributed by atoms with Gasteiger partial charge in [0.25, 0.3) is 5.22 Å². The lowest BCUT2D eigenvalue weighted by Gasteiger charge is -2.13. The highest BCUT2D eigenvalue weighted by molar-refractivity contribution is 7.99. The third kappa shape index (κ3) is 4.44. The standard InChI is InChI=1S/C17H16ClN3O4S2/c1-21(2)27(23,24)11-7-8-12(18)14(9-11)19-16(22)10-26-17-20-13-5-3-4-6-15(13)25-17/h3-9H,10H2,1-2H3,(H,19,22). The number of halogens is 1. The minimum absolute atomic E-state index is 0.0355. The molecule has 1 heterocycles. The van der Waals surface area contributed by atoms with Crippen LogP contribution in [0.15, 0.2) is 57.0 Å². The first kappa shape index (κ1) is 19.7. The molecule has 0 unspecified atom stereocenters. The van der Waals surface area contributed by atoms with Gasteiger partial charge in [-0.3, -0.25) is 4.79 Å². The number of hydrogen-bond acceptors (Lipinski definition) is 6. The lowest BCUT2D eigenvalue weighted by atomic mass is 10.3. The molecule has 0 aliphatic rings. The van der Waals surface area contributed by atoms with Gasteiger partial charge in [0.1, 0.15) is 5.52 Å². The normalized spacial score (nSPS) is 11.9. The highest BCUT2D eigenvalue weighted by atomic mass is 35.5. The highest BCUT2D eigenvalue weighted by Gasteiger charge is 2.19. The lowest BCUT2D eigenvalue weighted by Crippen LogP contribution is -2.22. The van der Waals surface area contributed by atoms with Crippen LogP contribution in [0.3, 0.4) is 0 Å². The molecule has 0 aliphatic carbocycles. The van der Waals surface area contributed by atoms with Crippen molar-refractivity contribution in [2.45, 2.75) is 10.1 Å². The number of fused-ring (bicyclic) bond motifs is 1. The van der Waals surface area contributed by atoms with Crippen molar-refractivity contribution in [1.82, 2.24) is 9.29 Å². The molecule has 0 radical (unpaired) electrons. The summed E-state index contributed by atoms with van der Waals surface area (Å²) in [4.78, 5) is 16.5. The molecule has 0 fully saturated rings. The van der Waals surface area contributed by atoms with Gasteiger partial charge in [-0.05, 0) is 30.3 Å². The number of oxazole rings is 1. The second-order valence-corrected chi connectivity index (χ2v) is 9.20. The van der Waals surface area contributed by atoms with Gasteiger partial charge in [-0.1, -0.05) is 35.5 Å². The van der Waals surface area contributed by atoms with Gasteiger partial charge in [-0.25, -0.2) is 17.7 Å². The van der Waals surface area contributed by atoms with Crippen molar-refractivity contribution in [2.75, 3.05) is 25.2 Å². The van der Waals surface area contributed by atoms with Crippen molar-refractivity contribution in [3.05, 3.63) is 47.5 Å². The Kier molecular flexibility index (Phi) is 5.75. The predicted molar refractivity (Wildman–Crippen MR) is 106 cm³/mol. The monoisotopic (exact) mass is 425 g/mol. The highest BCUT2D eigenvalue weighted by Crippen LogP contribution is 2.27. The fourth-order valence-corrected chi connectivity index (χ4v) is 3.93. The van der Waals surface area contributed by atoms with E-state index in [1.165, 1.54) is 32.3 Å². The van der Waals surface area contributed by atoms with Crippen LogP contribution < -0.4 is 5.32 Å². The first-order valence-corrected chi connectivity index (χ1v) is 10.6. The Morgan fingerprint density at radius 1 is 1.26 bits per heavy atom. The second kappa shape index (κ2) is 7.89. The molecule has 10 heteroatoms. The molecular formula is C17H16ClN3O4S2. The number of carbonyl (C=O) groups is 1. The zero-order chi connectivity index (χ0) is 19.6. The number of rotatable bonds is 6. The lowest BCUT2D eigenvalue weighted by molar-refractivity contribution is -0.113. The Hall–Kier alpha value is -2.07. The Morgan fingerprint density at radius 2 is 2.00 bits per heavy atom. The summed E-state index contributed by atoms with van der Waals surface area (Å²) in [6, 6.07) is 11.5. The van der Waals surface area contributed by atoms with Crippen LogP contribution in [0, 0.1) is 0 Å². The number of aromatic nitrogens is 1. The Labute approximate surface area is 165 Å². The minimum atomic E-state index is -3.63. The third-order valence-electron chi connectivity index (χ3n) is 3.59. The minimum Gasteiger partial charge on any atom is -0.431 e. The number of nitrogens with zero attached hydrogens (tertiary/aromatic N) is 2. The van der Waals surface area contributed by atoms with Crippen molar-refractivity contribution in [3.63, 3.8) is 0 Å². The molecule has 0 aliphatic heterocycles. The molecule has 2 aromatic carbocycles. The molecule has 1 amide bonds. The molecule has 1 aromatic heterocycles. The number of nitrogens with one attached hydrogen (secondary N) is 1. The molecule has 3 rings (SSSR count). The summed E-state index contributed by atoms with van der Waals surface area (Å²) >= 11 is 7.21. The van der Waals surface area contributed by atoms with Gasteiger partial charge in [0.2, 0.25) is 15.9 Å². The summed E-state index contributed by atoms with van der Waals surface area (Å²) in [6.07, 6.45) is 0. The van der Waals surface area contributed by atoms with Crippen molar-refractivity contribution in [3.8, 4) is 0 Å². The third-order valence-corrected chi connectivity index (χ3v) is 6.56. The van der Waals surface area contributed by atoms with E-state index >= 15 is 0 Å². The number of benzene rings is 2. The number of hydrogen-bond donors (Lipinski definition) is 1. The van der Waals surface area contributed by atoms with Crippen molar-refractivity contribution < 1.29 is 17.6 Å². The predicted octanol–water partition coefficient (Wildman–Crippen LogP) is 3.46. The summed E-state index contributed by atoms with van der Waals surface area (Å²) in [5, 5.41) is 3.24. The van der Waals surface area contributed by atoms with E-state index in [0.29, 0.717) is 16.3 Å². The number of thioether (sulfide) groups is 1. The largest absolute Gasteiger partial charge is 0.431 e. The number of amides is 1.